The van der Waals surface area contributed by atoms with E-state index in [0.717, 1.165) is 41.8 Å². The van der Waals surface area contributed by atoms with E-state index in [1.165, 1.54) is 36.2 Å². The number of rotatable bonds is 6. The summed E-state index contributed by atoms with van der Waals surface area (Å²) in [6, 6.07) is 11.8. The molecule has 236 valence electrons. The molecule has 0 spiro atoms. The number of aromatic amines is 2. The van der Waals surface area contributed by atoms with Gasteiger partial charge in [-0.1, -0.05) is 24.6 Å². The summed E-state index contributed by atoms with van der Waals surface area (Å²) >= 11 is 1.23. The zero-order chi connectivity index (χ0) is 29.9. The Hall–Kier alpha value is -3.24. The number of imidazole rings is 1. The number of fused-ring (bicyclic) bond motifs is 2. The molecular formula is C33H32F3N3O4SW. The van der Waals surface area contributed by atoms with Gasteiger partial charge in [0.05, 0.1) is 28.7 Å². The van der Waals surface area contributed by atoms with Crippen molar-refractivity contribution in [2.24, 2.45) is 0 Å². The van der Waals surface area contributed by atoms with Gasteiger partial charge in [-0.25, -0.2) is 13.8 Å². The molecule has 7 rings (SSSR count). The number of hydrogen-bond acceptors (Lipinski definition) is 5. The van der Waals surface area contributed by atoms with Crippen LogP contribution in [0.5, 0.6) is 17.2 Å². The number of benzene rings is 3. The maximum atomic E-state index is 15.2. The van der Waals surface area contributed by atoms with E-state index in [0.29, 0.717) is 23.3 Å². The predicted molar refractivity (Wildman–Crippen MR) is 163 cm³/mol. The Balaban J connectivity index is 0.00000200. The molecule has 1 fully saturated rings. The molecule has 5 aromatic rings. The summed E-state index contributed by atoms with van der Waals surface area (Å²) in [5.41, 5.74) is 2.50. The van der Waals surface area contributed by atoms with Crippen molar-refractivity contribution >= 4 is 22.7 Å². The van der Waals surface area contributed by atoms with Gasteiger partial charge in [0.1, 0.15) is 23.1 Å². The van der Waals surface area contributed by atoms with E-state index in [1.54, 1.807) is 18.5 Å². The largest absolute Gasteiger partial charge is 0.493 e. The number of ether oxygens (including phenoxy) is 2. The van der Waals surface area contributed by atoms with Crippen molar-refractivity contribution in [1.29, 1.82) is 0 Å². The monoisotopic (exact) mass is 807 g/mol. The molecule has 0 amide bonds. The van der Waals surface area contributed by atoms with Crippen LogP contribution in [0.3, 0.4) is 0 Å². The summed E-state index contributed by atoms with van der Waals surface area (Å²) in [7, 11) is 0. The first kappa shape index (κ1) is 33.1. The molecule has 3 heterocycles. The van der Waals surface area contributed by atoms with Crippen molar-refractivity contribution in [3.63, 3.8) is 0 Å². The van der Waals surface area contributed by atoms with Crippen LogP contribution in [0.2, 0.25) is 0 Å². The van der Waals surface area contributed by atoms with E-state index in [-0.39, 0.29) is 67.0 Å². The Morgan fingerprint density at radius 3 is 2.69 bits per heavy atom. The Labute approximate surface area is 276 Å². The van der Waals surface area contributed by atoms with Gasteiger partial charge in [-0.3, -0.25) is 0 Å². The predicted octanol–water partition coefficient (Wildman–Crippen LogP) is 7.38. The van der Waals surface area contributed by atoms with Gasteiger partial charge in [-0.05, 0) is 56.7 Å². The quantitative estimate of drug-likeness (QED) is 0.155. The van der Waals surface area contributed by atoms with E-state index >= 15 is 8.78 Å². The van der Waals surface area contributed by atoms with Crippen LogP contribution in [0.15, 0.2) is 59.8 Å². The van der Waals surface area contributed by atoms with E-state index < -0.39 is 22.9 Å². The average Bonchev–Trinajstić information content (AvgIpc) is 3.79. The second-order valence-electron chi connectivity index (χ2n) is 11.4. The molecular weight excluding hydrogens is 775 g/mol. The van der Waals surface area contributed by atoms with Gasteiger partial charge in [0.2, 0.25) is 5.82 Å². The van der Waals surface area contributed by atoms with Gasteiger partial charge in [-0.15, -0.1) is 11.8 Å². The second kappa shape index (κ2) is 12.9. The molecule has 3 unspecified atom stereocenters. The first-order valence-electron chi connectivity index (χ1n) is 14.3. The summed E-state index contributed by atoms with van der Waals surface area (Å²) in [6.07, 6.45) is 7.95. The van der Waals surface area contributed by atoms with Gasteiger partial charge in [0.15, 0.2) is 11.6 Å². The zero-order valence-electron chi connectivity index (χ0n) is 24.5. The van der Waals surface area contributed by atoms with E-state index in [1.807, 2.05) is 18.2 Å². The minimum absolute atomic E-state index is 0. The van der Waals surface area contributed by atoms with Gasteiger partial charge >= 0.3 is 0 Å². The number of para-hydroxylation sites is 1. The molecule has 2 aromatic heterocycles. The zero-order valence-corrected chi connectivity index (χ0v) is 28.3. The summed E-state index contributed by atoms with van der Waals surface area (Å²) in [4.78, 5) is 11.0. The topological polar surface area (TPSA) is 115 Å². The minimum Gasteiger partial charge on any atom is -0.493 e. The number of halogens is 3. The third-order valence-corrected chi connectivity index (χ3v) is 9.78. The van der Waals surface area contributed by atoms with Crippen LogP contribution in [0, 0.1) is 17.5 Å². The number of aliphatic hydroxyl groups is 1. The molecule has 1 aliphatic heterocycles. The molecule has 0 saturated heterocycles. The third kappa shape index (κ3) is 5.47. The van der Waals surface area contributed by atoms with Crippen molar-refractivity contribution < 1.29 is 54.3 Å². The average molecular weight is 808 g/mol. The number of H-pyrrole nitrogens is 2. The number of aromatic nitrogens is 3. The van der Waals surface area contributed by atoms with Crippen LogP contribution in [-0.4, -0.2) is 44.5 Å². The van der Waals surface area contributed by atoms with Crippen LogP contribution in [0.4, 0.5) is 13.2 Å². The van der Waals surface area contributed by atoms with E-state index in [2.05, 4.69) is 21.9 Å². The Morgan fingerprint density at radius 2 is 1.93 bits per heavy atom. The maximum absolute atomic E-state index is 15.2. The van der Waals surface area contributed by atoms with Crippen LogP contribution in [0.1, 0.15) is 55.3 Å². The number of nitrogens with one attached hydrogen (secondary N) is 2. The molecule has 5 N–H and O–H groups in total. The van der Waals surface area contributed by atoms with Crippen LogP contribution >= 0.6 is 11.8 Å². The molecule has 0 bridgehead atoms. The molecule has 3 atom stereocenters. The Kier molecular flexibility index (Phi) is 9.47. The van der Waals surface area contributed by atoms with Crippen molar-refractivity contribution in [2.75, 3.05) is 12.9 Å². The van der Waals surface area contributed by atoms with E-state index in [9.17, 15) is 9.50 Å². The molecule has 0 radical (unpaired) electrons. The third-order valence-electron chi connectivity index (χ3n) is 8.96. The molecule has 1 aliphatic carbocycles. The molecule has 12 heteroatoms. The van der Waals surface area contributed by atoms with Crippen LogP contribution < -0.4 is 9.47 Å². The fraction of sp³-hybridized carbons (Fsp3) is 0.303. The van der Waals surface area contributed by atoms with Gasteiger partial charge in [-0.2, -0.15) is 4.39 Å². The number of nitrogens with zero attached hydrogens (tertiary/aromatic N) is 1. The van der Waals surface area contributed by atoms with Crippen LogP contribution in [-0.2, 0) is 26.5 Å². The molecule has 1 saturated carbocycles. The second-order valence-corrected chi connectivity index (χ2v) is 12.2. The number of hydrogen-bond donors (Lipinski definition) is 3. The summed E-state index contributed by atoms with van der Waals surface area (Å²) in [5, 5.41) is 11.1. The smallest absolute Gasteiger partial charge is 0.204 e. The first-order valence-corrected chi connectivity index (χ1v) is 15.5. The number of aliphatic hydroxyl groups excluding tert-OH is 1. The molecule has 7 nitrogen and oxygen atoms in total. The molecule has 3 aromatic carbocycles. The minimum atomic E-state index is -1.12. The van der Waals surface area contributed by atoms with Crippen molar-refractivity contribution in [3.8, 4) is 28.6 Å². The Bertz CT molecular complexity index is 1860. The molecule has 45 heavy (non-hydrogen) atoms. The summed E-state index contributed by atoms with van der Waals surface area (Å²) in [6.45, 7) is 2.59. The normalized spacial score (nSPS) is 20.7. The Morgan fingerprint density at radius 1 is 1.11 bits per heavy atom. The fourth-order valence-corrected chi connectivity index (χ4v) is 7.30. The SMILES string of the molecule is CSc1c(Oc2ccc(F)c(-c3ncc(C4(C)CCOc5c(C6CCCC6O)cccc54)[nH]3)c2)c(F)c(F)c2[nH]ccc12.O.[W]. The fourth-order valence-electron chi connectivity index (χ4n) is 6.59. The first-order chi connectivity index (χ1) is 20.8. The van der Waals surface area contributed by atoms with E-state index in [4.69, 9.17) is 9.47 Å². The number of thioether (sulfide) groups is 1. The standard InChI is InChI=1S/C33H30F3N3O3S.H2O.W/c1-33(12-14-41-29-19(6-3-7-22(29)33)18-5-4-8-24(18)40)25-16-38-32(39-25)21-15-17(9-10-23(21)34)42-30-27(36)26(35)28-20(11-13-37-28)31(30)43-2;;/h3,6-7,9-11,13,15-16,18,24,37,40H,4-5,8,12,14H2,1-2H3,(H,38,39);1H2;. The maximum Gasteiger partial charge on any atom is 0.204 e. The van der Waals surface area contributed by atoms with Crippen LogP contribution in [0.25, 0.3) is 22.3 Å². The summed E-state index contributed by atoms with van der Waals surface area (Å²) < 4.78 is 57.2. The molecule has 2 aliphatic rings. The van der Waals surface area contributed by atoms with Gasteiger partial charge < -0.3 is 30.0 Å². The van der Waals surface area contributed by atoms with Gasteiger partial charge in [0.25, 0.3) is 0 Å². The van der Waals surface area contributed by atoms with Crippen molar-refractivity contribution in [2.45, 2.75) is 54.9 Å². The van der Waals surface area contributed by atoms with Gasteiger partial charge in [0, 0.05) is 67.0 Å². The van der Waals surface area contributed by atoms with Crippen molar-refractivity contribution in [3.05, 3.63) is 89.1 Å². The summed E-state index contributed by atoms with van der Waals surface area (Å²) in [5.74, 6) is -1.70. The van der Waals surface area contributed by atoms with Crippen molar-refractivity contribution in [1.82, 2.24) is 15.0 Å².